The number of hydrogen-bond acceptors (Lipinski definition) is 6. The monoisotopic (exact) mass is 339 g/mol. The number of ether oxygens (including phenoxy) is 1. The van der Waals surface area contributed by atoms with Gasteiger partial charge in [-0.15, -0.1) is 10.2 Å². The molecule has 1 amide bonds. The first-order valence-corrected chi connectivity index (χ1v) is 8.81. The Balaban J connectivity index is 1.84. The molecule has 0 unspecified atom stereocenters. The largest absolute Gasteiger partial charge is 0.444 e. The first kappa shape index (κ1) is 17.8. The molecule has 0 aliphatic carbocycles. The van der Waals surface area contributed by atoms with Crippen molar-refractivity contribution >= 4 is 17.9 Å². The Morgan fingerprint density at radius 1 is 1.39 bits per heavy atom. The van der Waals surface area contributed by atoms with E-state index < -0.39 is 5.60 Å². The van der Waals surface area contributed by atoms with Crippen molar-refractivity contribution in [2.24, 2.45) is 0 Å². The summed E-state index contributed by atoms with van der Waals surface area (Å²) in [4.78, 5) is 13.8. The minimum absolute atomic E-state index is 0.209. The topological polar surface area (TPSA) is 68.5 Å². The molecule has 0 atom stereocenters. The van der Waals surface area contributed by atoms with Crippen LogP contribution in [0.25, 0.3) is 0 Å². The second kappa shape index (κ2) is 7.38. The van der Waals surface area contributed by atoms with Crippen LogP contribution in [0.2, 0.25) is 0 Å². The minimum Gasteiger partial charge on any atom is -0.444 e. The van der Waals surface area contributed by atoms with E-state index in [2.05, 4.69) is 16.8 Å². The molecule has 128 valence electrons. The van der Waals surface area contributed by atoms with Gasteiger partial charge in [-0.2, -0.15) is 0 Å². The van der Waals surface area contributed by atoms with Crippen LogP contribution in [0.15, 0.2) is 21.8 Å². The maximum Gasteiger partial charge on any atom is 0.410 e. The van der Waals surface area contributed by atoms with Gasteiger partial charge in [0.2, 0.25) is 5.89 Å². The standard InChI is InChI=1S/C16H25N3O3S/c1-11(2)10-23-14-18-17-13(21-14)12-6-8-19(9-7-12)15(20)22-16(3,4)5/h12H,1,6-10H2,2-5H3. The number of carbonyl (C=O) groups excluding carboxylic acids is 1. The Morgan fingerprint density at radius 3 is 2.61 bits per heavy atom. The van der Waals surface area contributed by atoms with Gasteiger partial charge >= 0.3 is 6.09 Å². The van der Waals surface area contributed by atoms with E-state index in [1.165, 1.54) is 11.8 Å². The van der Waals surface area contributed by atoms with Crippen molar-refractivity contribution in [3.63, 3.8) is 0 Å². The van der Waals surface area contributed by atoms with Gasteiger partial charge in [-0.25, -0.2) is 4.79 Å². The summed E-state index contributed by atoms with van der Waals surface area (Å²) in [6.45, 7) is 12.7. The summed E-state index contributed by atoms with van der Waals surface area (Å²) in [5.41, 5.74) is 0.607. The van der Waals surface area contributed by atoms with Gasteiger partial charge in [-0.1, -0.05) is 23.9 Å². The van der Waals surface area contributed by atoms with Gasteiger partial charge in [0.15, 0.2) is 0 Å². The van der Waals surface area contributed by atoms with Crippen LogP contribution in [-0.4, -0.2) is 45.6 Å². The third-order valence-corrected chi connectivity index (χ3v) is 4.41. The normalized spacial score (nSPS) is 16.4. The highest BCUT2D eigenvalue weighted by Gasteiger charge is 2.29. The third kappa shape index (κ3) is 5.57. The number of aromatic nitrogens is 2. The summed E-state index contributed by atoms with van der Waals surface area (Å²) < 4.78 is 11.1. The van der Waals surface area contributed by atoms with Crippen molar-refractivity contribution in [3.05, 3.63) is 18.0 Å². The third-order valence-electron chi connectivity index (χ3n) is 3.36. The number of rotatable bonds is 4. The summed E-state index contributed by atoms with van der Waals surface area (Å²) in [6, 6.07) is 0. The maximum atomic E-state index is 12.1. The number of hydrogen-bond donors (Lipinski definition) is 0. The van der Waals surface area contributed by atoms with Gasteiger partial charge in [0, 0.05) is 24.8 Å². The highest BCUT2D eigenvalue weighted by molar-refractivity contribution is 7.99. The van der Waals surface area contributed by atoms with E-state index in [4.69, 9.17) is 9.15 Å². The van der Waals surface area contributed by atoms with Gasteiger partial charge < -0.3 is 14.1 Å². The summed E-state index contributed by atoms with van der Waals surface area (Å²) in [5, 5.41) is 8.79. The van der Waals surface area contributed by atoms with E-state index in [0.29, 0.717) is 24.2 Å². The van der Waals surface area contributed by atoms with E-state index >= 15 is 0 Å². The molecule has 2 rings (SSSR count). The first-order valence-electron chi connectivity index (χ1n) is 7.83. The van der Waals surface area contributed by atoms with Crippen LogP contribution in [0, 0.1) is 0 Å². The smallest absolute Gasteiger partial charge is 0.410 e. The van der Waals surface area contributed by atoms with E-state index in [-0.39, 0.29) is 12.0 Å². The SMILES string of the molecule is C=C(C)CSc1nnc(C2CCN(C(=O)OC(C)(C)C)CC2)o1. The zero-order valence-electron chi connectivity index (χ0n) is 14.3. The molecule has 0 aromatic carbocycles. The number of thioether (sulfide) groups is 1. The Bertz CT molecular complexity index is 557. The molecule has 0 N–H and O–H groups in total. The van der Waals surface area contributed by atoms with Crippen molar-refractivity contribution in [1.82, 2.24) is 15.1 Å². The minimum atomic E-state index is -0.462. The van der Waals surface area contributed by atoms with E-state index in [1.807, 2.05) is 27.7 Å². The molecule has 1 aliphatic heterocycles. The molecule has 1 aromatic heterocycles. The van der Waals surface area contributed by atoms with Gasteiger partial charge in [0.05, 0.1) is 0 Å². The predicted molar refractivity (Wildman–Crippen MR) is 89.6 cm³/mol. The quantitative estimate of drug-likeness (QED) is 0.613. The number of amides is 1. The highest BCUT2D eigenvalue weighted by Crippen LogP contribution is 2.30. The number of carbonyl (C=O) groups is 1. The van der Waals surface area contributed by atoms with Crippen molar-refractivity contribution in [2.75, 3.05) is 18.8 Å². The van der Waals surface area contributed by atoms with Crippen LogP contribution in [-0.2, 0) is 4.74 Å². The fraction of sp³-hybridized carbons (Fsp3) is 0.688. The molecule has 1 fully saturated rings. The molecule has 0 bridgehead atoms. The van der Waals surface area contributed by atoms with Crippen LogP contribution in [0.5, 0.6) is 0 Å². The number of nitrogens with zero attached hydrogens (tertiary/aromatic N) is 3. The van der Waals surface area contributed by atoms with Gasteiger partial charge in [0.25, 0.3) is 5.22 Å². The fourth-order valence-electron chi connectivity index (χ4n) is 2.26. The Morgan fingerprint density at radius 2 is 2.04 bits per heavy atom. The summed E-state index contributed by atoms with van der Waals surface area (Å²) in [6.07, 6.45) is 1.37. The Hall–Kier alpha value is -1.50. The lowest BCUT2D eigenvalue weighted by atomic mass is 9.97. The zero-order chi connectivity index (χ0) is 17.0. The average molecular weight is 339 g/mol. The molecule has 7 heteroatoms. The second-order valence-electron chi connectivity index (χ2n) is 6.89. The van der Waals surface area contributed by atoms with Crippen LogP contribution in [0.3, 0.4) is 0 Å². The van der Waals surface area contributed by atoms with Crippen molar-refractivity contribution in [3.8, 4) is 0 Å². The Labute approximate surface area is 141 Å². The molecular formula is C16H25N3O3S. The summed E-state index contributed by atoms with van der Waals surface area (Å²) >= 11 is 1.50. The van der Waals surface area contributed by atoms with Crippen molar-refractivity contribution in [1.29, 1.82) is 0 Å². The fourth-order valence-corrected chi connectivity index (χ4v) is 2.88. The van der Waals surface area contributed by atoms with Gasteiger partial charge in [-0.05, 0) is 40.5 Å². The molecule has 2 heterocycles. The maximum absolute atomic E-state index is 12.1. The highest BCUT2D eigenvalue weighted by atomic mass is 32.2. The molecule has 0 radical (unpaired) electrons. The lowest BCUT2D eigenvalue weighted by Gasteiger charge is -2.32. The van der Waals surface area contributed by atoms with Crippen LogP contribution in [0.1, 0.15) is 52.3 Å². The van der Waals surface area contributed by atoms with Crippen LogP contribution >= 0.6 is 11.8 Å². The molecule has 6 nitrogen and oxygen atoms in total. The average Bonchev–Trinajstić information content (AvgIpc) is 2.92. The van der Waals surface area contributed by atoms with Crippen molar-refractivity contribution < 1.29 is 13.9 Å². The van der Waals surface area contributed by atoms with Crippen molar-refractivity contribution in [2.45, 2.75) is 57.3 Å². The van der Waals surface area contributed by atoms with Crippen LogP contribution < -0.4 is 0 Å². The second-order valence-corrected chi connectivity index (χ2v) is 7.82. The number of piperidine rings is 1. The molecule has 1 aromatic rings. The Kier molecular flexibility index (Phi) is 5.73. The predicted octanol–water partition coefficient (Wildman–Crippen LogP) is 3.85. The van der Waals surface area contributed by atoms with E-state index in [1.54, 1.807) is 4.90 Å². The van der Waals surface area contributed by atoms with E-state index in [9.17, 15) is 4.79 Å². The zero-order valence-corrected chi connectivity index (χ0v) is 15.1. The molecule has 0 spiro atoms. The van der Waals surface area contributed by atoms with Crippen LogP contribution in [0.4, 0.5) is 4.79 Å². The van der Waals surface area contributed by atoms with E-state index in [0.717, 1.165) is 24.2 Å². The van der Waals surface area contributed by atoms with Gasteiger partial charge in [0.1, 0.15) is 5.60 Å². The number of likely N-dealkylation sites (tertiary alicyclic amines) is 1. The molecule has 0 saturated carbocycles. The lowest BCUT2D eigenvalue weighted by Crippen LogP contribution is -2.41. The lowest BCUT2D eigenvalue weighted by molar-refractivity contribution is 0.0198. The summed E-state index contributed by atoms with van der Waals surface area (Å²) in [7, 11) is 0. The molecule has 1 aliphatic rings. The molecule has 1 saturated heterocycles. The molecular weight excluding hydrogens is 314 g/mol. The molecule has 23 heavy (non-hydrogen) atoms. The summed E-state index contributed by atoms with van der Waals surface area (Å²) in [5.74, 6) is 1.65. The first-order chi connectivity index (χ1) is 10.7. The van der Waals surface area contributed by atoms with Gasteiger partial charge in [-0.3, -0.25) is 0 Å².